The predicted octanol–water partition coefficient (Wildman–Crippen LogP) is 2.84. The minimum absolute atomic E-state index is 0.241. The first-order valence-corrected chi connectivity index (χ1v) is 7.96. The van der Waals surface area contributed by atoms with Crippen LogP contribution in [0.25, 0.3) is 11.3 Å². The summed E-state index contributed by atoms with van der Waals surface area (Å²) in [6, 6.07) is 3.90. The zero-order valence-corrected chi connectivity index (χ0v) is 13.9. The predicted molar refractivity (Wildman–Crippen MR) is 86.9 cm³/mol. The zero-order valence-electron chi connectivity index (χ0n) is 13.9. The normalized spacial score (nSPS) is 18.0. The Morgan fingerprint density at radius 3 is 2.70 bits per heavy atom. The monoisotopic (exact) mass is 317 g/mol. The van der Waals surface area contributed by atoms with Crippen LogP contribution in [0.4, 0.5) is 0 Å². The maximum absolute atomic E-state index is 5.76. The number of nitrogens with zero attached hydrogens (tertiary/aromatic N) is 3. The molecule has 1 unspecified atom stereocenters. The summed E-state index contributed by atoms with van der Waals surface area (Å²) in [7, 11) is 3.27. The fraction of sp³-hybridized carbons (Fsp3) is 0.529. The number of benzene rings is 1. The Morgan fingerprint density at radius 1 is 1.22 bits per heavy atom. The van der Waals surface area contributed by atoms with Gasteiger partial charge in [0.1, 0.15) is 5.69 Å². The second-order valence-corrected chi connectivity index (χ2v) is 5.84. The van der Waals surface area contributed by atoms with Gasteiger partial charge in [-0.25, -0.2) is 4.68 Å². The molecule has 1 saturated heterocycles. The van der Waals surface area contributed by atoms with Crippen molar-refractivity contribution in [2.75, 3.05) is 20.8 Å². The average Bonchev–Trinajstić information content (AvgIpc) is 3.03. The molecule has 0 N–H and O–H groups in total. The third-order valence-corrected chi connectivity index (χ3v) is 4.21. The highest BCUT2D eigenvalue weighted by atomic mass is 16.5. The number of hydrogen-bond acceptors (Lipinski definition) is 5. The Balaban J connectivity index is 1.82. The van der Waals surface area contributed by atoms with Crippen molar-refractivity contribution in [2.45, 2.75) is 38.8 Å². The molecule has 23 heavy (non-hydrogen) atoms. The summed E-state index contributed by atoms with van der Waals surface area (Å²) in [5, 5.41) is 8.55. The van der Waals surface area contributed by atoms with Gasteiger partial charge in [0, 0.05) is 12.2 Å². The highest BCUT2D eigenvalue weighted by molar-refractivity contribution is 5.67. The molecular weight excluding hydrogens is 294 g/mol. The molecule has 1 aliphatic rings. The second kappa shape index (κ2) is 7.00. The van der Waals surface area contributed by atoms with Gasteiger partial charge in [-0.05, 0) is 43.9 Å². The fourth-order valence-electron chi connectivity index (χ4n) is 2.93. The lowest BCUT2D eigenvalue weighted by molar-refractivity contribution is 0.00370. The van der Waals surface area contributed by atoms with Crippen molar-refractivity contribution >= 4 is 0 Å². The minimum atomic E-state index is 0.241. The molecule has 1 atom stereocenters. The van der Waals surface area contributed by atoms with Crippen LogP contribution >= 0.6 is 0 Å². The van der Waals surface area contributed by atoms with Gasteiger partial charge >= 0.3 is 0 Å². The molecule has 0 radical (unpaired) electrons. The third kappa shape index (κ3) is 3.47. The molecule has 1 fully saturated rings. The first-order valence-electron chi connectivity index (χ1n) is 7.96. The molecule has 1 aromatic heterocycles. The van der Waals surface area contributed by atoms with Gasteiger partial charge in [0.15, 0.2) is 11.5 Å². The highest BCUT2D eigenvalue weighted by Crippen LogP contribution is 2.34. The van der Waals surface area contributed by atoms with E-state index >= 15 is 0 Å². The van der Waals surface area contributed by atoms with E-state index in [0.29, 0.717) is 5.75 Å². The van der Waals surface area contributed by atoms with Crippen molar-refractivity contribution in [3.63, 3.8) is 0 Å². The molecule has 0 spiro atoms. The molecule has 1 aromatic carbocycles. The summed E-state index contributed by atoms with van der Waals surface area (Å²) < 4.78 is 18.3. The van der Waals surface area contributed by atoms with E-state index in [1.807, 2.05) is 29.9 Å². The summed E-state index contributed by atoms with van der Waals surface area (Å²) >= 11 is 0. The van der Waals surface area contributed by atoms with E-state index in [1.165, 1.54) is 6.42 Å². The van der Waals surface area contributed by atoms with Crippen LogP contribution in [-0.2, 0) is 11.3 Å². The number of ether oxygens (including phenoxy) is 3. The van der Waals surface area contributed by atoms with Crippen molar-refractivity contribution < 1.29 is 14.2 Å². The summed E-state index contributed by atoms with van der Waals surface area (Å²) in [5.41, 5.74) is 2.90. The Bertz CT molecular complexity index is 663. The Labute approximate surface area is 136 Å². The van der Waals surface area contributed by atoms with Crippen LogP contribution in [0.1, 0.15) is 24.8 Å². The van der Waals surface area contributed by atoms with E-state index in [0.717, 1.165) is 48.6 Å². The molecule has 2 aromatic rings. The summed E-state index contributed by atoms with van der Waals surface area (Å²) in [6.07, 6.45) is 5.67. The highest BCUT2D eigenvalue weighted by Gasteiger charge is 2.17. The molecule has 0 aliphatic carbocycles. The molecule has 6 nitrogen and oxygen atoms in total. The first kappa shape index (κ1) is 15.8. The van der Waals surface area contributed by atoms with E-state index in [1.54, 1.807) is 14.2 Å². The van der Waals surface area contributed by atoms with E-state index in [9.17, 15) is 0 Å². The summed E-state index contributed by atoms with van der Waals surface area (Å²) in [5.74, 6) is 1.41. The van der Waals surface area contributed by atoms with Gasteiger partial charge < -0.3 is 14.2 Å². The van der Waals surface area contributed by atoms with Crippen molar-refractivity contribution in [1.82, 2.24) is 15.0 Å². The van der Waals surface area contributed by atoms with Gasteiger partial charge in [0.25, 0.3) is 0 Å². The summed E-state index contributed by atoms with van der Waals surface area (Å²) in [6.45, 7) is 3.63. The lowest BCUT2D eigenvalue weighted by Gasteiger charge is -2.21. The van der Waals surface area contributed by atoms with Gasteiger partial charge in [-0.2, -0.15) is 0 Å². The molecule has 1 aliphatic heterocycles. The van der Waals surface area contributed by atoms with Crippen LogP contribution in [-0.4, -0.2) is 41.9 Å². The first-order chi connectivity index (χ1) is 11.2. The van der Waals surface area contributed by atoms with E-state index in [-0.39, 0.29) is 6.10 Å². The Hall–Kier alpha value is -2.08. The van der Waals surface area contributed by atoms with Crippen LogP contribution < -0.4 is 9.47 Å². The van der Waals surface area contributed by atoms with Gasteiger partial charge in [-0.1, -0.05) is 5.21 Å². The quantitative estimate of drug-likeness (QED) is 0.848. The number of hydrogen-bond donors (Lipinski definition) is 0. The van der Waals surface area contributed by atoms with Crippen molar-refractivity contribution in [1.29, 1.82) is 0 Å². The van der Waals surface area contributed by atoms with E-state index in [2.05, 4.69) is 10.3 Å². The van der Waals surface area contributed by atoms with Crippen LogP contribution in [0.3, 0.4) is 0 Å². The number of aryl methyl sites for hydroxylation is 1. The SMILES string of the molecule is COc1cc(C)c(-c2cn(CC3CCCCO3)nn2)cc1OC. The standard InChI is InChI=1S/C17H23N3O3/c1-12-8-16(21-2)17(22-3)9-14(12)15-11-20(19-18-15)10-13-6-4-5-7-23-13/h8-9,11,13H,4-7,10H2,1-3H3. The van der Waals surface area contributed by atoms with Gasteiger partial charge in [0.05, 0.1) is 33.1 Å². The number of methoxy groups -OCH3 is 2. The average molecular weight is 317 g/mol. The van der Waals surface area contributed by atoms with Gasteiger partial charge in [-0.15, -0.1) is 5.10 Å². The van der Waals surface area contributed by atoms with Crippen LogP contribution in [0, 0.1) is 6.92 Å². The molecule has 124 valence electrons. The molecule has 2 heterocycles. The lowest BCUT2D eigenvalue weighted by Crippen LogP contribution is -2.24. The van der Waals surface area contributed by atoms with Crippen molar-refractivity contribution in [3.8, 4) is 22.8 Å². The lowest BCUT2D eigenvalue weighted by atomic mass is 10.1. The largest absolute Gasteiger partial charge is 0.493 e. The summed E-state index contributed by atoms with van der Waals surface area (Å²) in [4.78, 5) is 0. The number of aromatic nitrogens is 3. The number of rotatable bonds is 5. The zero-order chi connectivity index (χ0) is 16.2. The minimum Gasteiger partial charge on any atom is -0.493 e. The third-order valence-electron chi connectivity index (χ3n) is 4.21. The van der Waals surface area contributed by atoms with Crippen LogP contribution in [0.5, 0.6) is 11.5 Å². The second-order valence-electron chi connectivity index (χ2n) is 5.84. The molecular formula is C17H23N3O3. The van der Waals surface area contributed by atoms with Gasteiger partial charge in [-0.3, -0.25) is 0 Å². The van der Waals surface area contributed by atoms with Crippen molar-refractivity contribution in [3.05, 3.63) is 23.9 Å². The maximum atomic E-state index is 5.76. The van der Waals surface area contributed by atoms with Gasteiger partial charge in [0.2, 0.25) is 0 Å². The Kier molecular flexibility index (Phi) is 4.81. The van der Waals surface area contributed by atoms with Crippen LogP contribution in [0.15, 0.2) is 18.3 Å². The molecule has 3 rings (SSSR count). The molecule has 0 bridgehead atoms. The molecule has 6 heteroatoms. The topological polar surface area (TPSA) is 58.4 Å². The smallest absolute Gasteiger partial charge is 0.161 e. The van der Waals surface area contributed by atoms with Crippen LogP contribution in [0.2, 0.25) is 0 Å². The Morgan fingerprint density at radius 2 is 2.00 bits per heavy atom. The van der Waals surface area contributed by atoms with E-state index < -0.39 is 0 Å². The van der Waals surface area contributed by atoms with Crippen molar-refractivity contribution in [2.24, 2.45) is 0 Å². The fourth-order valence-corrected chi connectivity index (χ4v) is 2.93. The van der Waals surface area contributed by atoms with E-state index in [4.69, 9.17) is 14.2 Å². The maximum Gasteiger partial charge on any atom is 0.161 e. The molecule has 0 saturated carbocycles. The molecule has 0 amide bonds.